The van der Waals surface area contributed by atoms with Crippen molar-refractivity contribution < 1.29 is 0 Å². The van der Waals surface area contributed by atoms with Crippen LogP contribution in [-0.4, -0.2) is 19.7 Å². The minimum absolute atomic E-state index is 0.472. The highest BCUT2D eigenvalue weighted by Gasteiger charge is 2.12. The van der Waals surface area contributed by atoms with E-state index in [2.05, 4.69) is 21.1 Å². The van der Waals surface area contributed by atoms with Gasteiger partial charge in [0.15, 0.2) is 11.6 Å². The molecular formula is C15H12N6. The number of rotatable bonds is 2. The molecule has 0 bridgehead atoms. The Bertz CT molecular complexity index is 843. The van der Waals surface area contributed by atoms with Crippen molar-refractivity contribution in [2.24, 2.45) is 0 Å². The Balaban J connectivity index is 2.08. The third kappa shape index (κ3) is 2.32. The van der Waals surface area contributed by atoms with Gasteiger partial charge < -0.3 is 5.73 Å². The predicted octanol–water partition coefficient (Wildman–Crippen LogP) is 2.09. The Labute approximate surface area is 121 Å². The third-order valence-corrected chi connectivity index (χ3v) is 3.10. The fourth-order valence-electron chi connectivity index (χ4n) is 2.03. The summed E-state index contributed by atoms with van der Waals surface area (Å²) in [4.78, 5) is 8.47. The summed E-state index contributed by atoms with van der Waals surface area (Å²) in [6, 6.07) is 11.3. The van der Waals surface area contributed by atoms with E-state index < -0.39 is 0 Å². The fourth-order valence-corrected chi connectivity index (χ4v) is 2.03. The number of nitrogen functional groups attached to an aromatic ring is 1. The van der Waals surface area contributed by atoms with E-state index in [0.29, 0.717) is 22.9 Å². The van der Waals surface area contributed by atoms with Gasteiger partial charge in [0.2, 0.25) is 0 Å². The van der Waals surface area contributed by atoms with Crippen LogP contribution in [0, 0.1) is 18.3 Å². The Morgan fingerprint density at radius 1 is 1.24 bits per heavy atom. The highest BCUT2D eigenvalue weighted by Crippen LogP contribution is 2.19. The first-order chi connectivity index (χ1) is 10.2. The van der Waals surface area contributed by atoms with Crippen LogP contribution in [-0.2, 0) is 0 Å². The molecule has 2 heterocycles. The number of hydrogen-bond acceptors (Lipinski definition) is 5. The van der Waals surface area contributed by atoms with E-state index in [1.807, 2.05) is 19.1 Å². The number of nitrogens with two attached hydrogens (primary N) is 1. The maximum atomic E-state index is 9.25. The first-order valence-electron chi connectivity index (χ1n) is 6.32. The van der Waals surface area contributed by atoms with Crippen molar-refractivity contribution in [1.82, 2.24) is 19.7 Å². The lowest BCUT2D eigenvalue weighted by Gasteiger charge is -2.04. The molecule has 0 unspecified atom stereocenters. The Kier molecular flexibility index (Phi) is 3.09. The summed E-state index contributed by atoms with van der Waals surface area (Å²) in [6.07, 6.45) is 3.19. The molecule has 0 fully saturated rings. The lowest BCUT2D eigenvalue weighted by atomic mass is 10.1. The molecule has 0 aliphatic rings. The molecule has 0 spiro atoms. The first-order valence-corrected chi connectivity index (χ1v) is 6.32. The van der Waals surface area contributed by atoms with Crippen LogP contribution in [0.15, 0.2) is 42.9 Å². The topological polar surface area (TPSA) is 93.4 Å². The van der Waals surface area contributed by atoms with Gasteiger partial charge in [0, 0.05) is 17.4 Å². The number of aryl methyl sites for hydroxylation is 1. The van der Waals surface area contributed by atoms with Crippen LogP contribution in [0.4, 0.5) is 5.69 Å². The minimum Gasteiger partial charge on any atom is -0.399 e. The average Bonchev–Trinajstić information content (AvgIpc) is 2.96. The van der Waals surface area contributed by atoms with Crippen LogP contribution in [0.5, 0.6) is 0 Å². The number of hydrogen-bond donors (Lipinski definition) is 1. The summed E-state index contributed by atoms with van der Waals surface area (Å²) < 4.78 is 1.50. The maximum Gasteiger partial charge on any atom is 0.181 e. The highest BCUT2D eigenvalue weighted by molar-refractivity contribution is 5.60. The van der Waals surface area contributed by atoms with Crippen LogP contribution in [0.25, 0.3) is 17.2 Å². The van der Waals surface area contributed by atoms with E-state index in [-0.39, 0.29) is 0 Å². The summed E-state index contributed by atoms with van der Waals surface area (Å²) in [6.45, 7) is 1.86. The molecule has 21 heavy (non-hydrogen) atoms. The highest BCUT2D eigenvalue weighted by atomic mass is 15.4. The molecule has 0 saturated carbocycles. The van der Waals surface area contributed by atoms with Crippen LogP contribution >= 0.6 is 0 Å². The van der Waals surface area contributed by atoms with Gasteiger partial charge in [0.25, 0.3) is 0 Å². The van der Waals surface area contributed by atoms with Crippen molar-refractivity contribution >= 4 is 5.69 Å². The van der Waals surface area contributed by atoms with Gasteiger partial charge in [-0.2, -0.15) is 5.26 Å². The van der Waals surface area contributed by atoms with Crippen molar-refractivity contribution in [2.75, 3.05) is 5.73 Å². The van der Waals surface area contributed by atoms with Crippen LogP contribution in [0.1, 0.15) is 11.1 Å². The molecule has 2 N–H and O–H groups in total. The Morgan fingerprint density at radius 3 is 2.86 bits per heavy atom. The van der Waals surface area contributed by atoms with Gasteiger partial charge in [-0.1, -0.05) is 12.1 Å². The second kappa shape index (κ2) is 5.06. The normalized spacial score (nSPS) is 10.3. The van der Waals surface area contributed by atoms with Gasteiger partial charge in [0.1, 0.15) is 12.4 Å². The SMILES string of the molecule is Cc1ccnc(-n2cnc(-c3cccc(N)c3)n2)c1C#N. The van der Waals surface area contributed by atoms with Gasteiger partial charge in [-0.05, 0) is 30.7 Å². The summed E-state index contributed by atoms with van der Waals surface area (Å²) in [5, 5.41) is 13.6. The van der Waals surface area contributed by atoms with Crippen LogP contribution in [0.3, 0.4) is 0 Å². The number of aromatic nitrogens is 4. The summed E-state index contributed by atoms with van der Waals surface area (Å²) in [5.41, 5.74) is 8.57. The Hall–Kier alpha value is -3.20. The molecule has 6 nitrogen and oxygen atoms in total. The van der Waals surface area contributed by atoms with E-state index in [4.69, 9.17) is 5.73 Å². The van der Waals surface area contributed by atoms with Crippen molar-refractivity contribution in [1.29, 1.82) is 5.26 Å². The van der Waals surface area contributed by atoms with Gasteiger partial charge in [0.05, 0.1) is 5.56 Å². The lowest BCUT2D eigenvalue weighted by molar-refractivity contribution is 0.842. The second-order valence-electron chi connectivity index (χ2n) is 4.58. The minimum atomic E-state index is 0.472. The summed E-state index contributed by atoms with van der Waals surface area (Å²) in [7, 11) is 0. The molecule has 0 amide bonds. The zero-order valence-corrected chi connectivity index (χ0v) is 11.4. The van der Waals surface area contributed by atoms with Crippen molar-refractivity contribution in [3.63, 3.8) is 0 Å². The molecule has 0 saturated heterocycles. The van der Waals surface area contributed by atoms with Crippen molar-refractivity contribution in [3.05, 3.63) is 54.0 Å². The van der Waals surface area contributed by atoms with Crippen molar-refractivity contribution in [2.45, 2.75) is 6.92 Å². The molecule has 0 atom stereocenters. The number of benzene rings is 1. The average molecular weight is 276 g/mol. The smallest absolute Gasteiger partial charge is 0.181 e. The second-order valence-corrected chi connectivity index (χ2v) is 4.58. The molecule has 1 aromatic carbocycles. The van der Waals surface area contributed by atoms with E-state index in [1.165, 1.54) is 4.68 Å². The molecule has 3 rings (SSSR count). The monoisotopic (exact) mass is 276 g/mol. The number of nitriles is 1. The quantitative estimate of drug-likeness (QED) is 0.723. The van der Waals surface area contributed by atoms with Gasteiger partial charge in [-0.3, -0.25) is 0 Å². The van der Waals surface area contributed by atoms with E-state index in [1.54, 1.807) is 30.7 Å². The third-order valence-electron chi connectivity index (χ3n) is 3.10. The molecule has 2 aromatic heterocycles. The first kappa shape index (κ1) is 12.8. The van der Waals surface area contributed by atoms with Crippen LogP contribution in [0.2, 0.25) is 0 Å². The van der Waals surface area contributed by atoms with Gasteiger partial charge in [-0.25, -0.2) is 14.6 Å². The number of nitrogens with zero attached hydrogens (tertiary/aromatic N) is 5. The van der Waals surface area contributed by atoms with Crippen LogP contribution < -0.4 is 5.73 Å². The summed E-state index contributed by atoms with van der Waals surface area (Å²) in [5.74, 6) is 1.01. The molecule has 3 aromatic rings. The lowest BCUT2D eigenvalue weighted by Crippen LogP contribution is -2.03. The molecule has 6 heteroatoms. The molecule has 0 aliphatic carbocycles. The zero-order valence-electron chi connectivity index (χ0n) is 11.4. The Morgan fingerprint density at radius 2 is 2.10 bits per heavy atom. The van der Waals surface area contributed by atoms with Gasteiger partial charge in [-0.15, -0.1) is 5.10 Å². The fraction of sp³-hybridized carbons (Fsp3) is 0.0667. The van der Waals surface area contributed by atoms with Crippen molar-refractivity contribution in [3.8, 4) is 23.3 Å². The van der Waals surface area contributed by atoms with E-state index >= 15 is 0 Å². The standard InChI is InChI=1S/C15H12N6/c1-10-5-6-18-15(13(10)8-16)21-9-19-14(20-21)11-3-2-4-12(17)7-11/h2-7,9H,17H2,1H3. The largest absolute Gasteiger partial charge is 0.399 e. The van der Waals surface area contributed by atoms with E-state index in [0.717, 1.165) is 11.1 Å². The zero-order chi connectivity index (χ0) is 14.8. The summed E-state index contributed by atoms with van der Waals surface area (Å²) >= 11 is 0. The van der Waals surface area contributed by atoms with E-state index in [9.17, 15) is 5.26 Å². The molecular weight excluding hydrogens is 264 g/mol. The number of pyridine rings is 1. The maximum absolute atomic E-state index is 9.25. The molecule has 0 radical (unpaired) electrons. The molecule has 102 valence electrons. The van der Waals surface area contributed by atoms with Gasteiger partial charge >= 0.3 is 0 Å². The predicted molar refractivity (Wildman–Crippen MR) is 78.5 cm³/mol. The number of anilines is 1. The molecule has 0 aliphatic heterocycles.